The minimum Gasteiger partial charge on any atom is -0.371 e. The van der Waals surface area contributed by atoms with Crippen molar-refractivity contribution in [2.24, 2.45) is 4.99 Å². The molecule has 0 saturated carbocycles. The molecule has 0 amide bonds. The molecule has 2 aliphatic rings. The highest BCUT2D eigenvalue weighted by atomic mass is 35.5. The number of nitrogens with one attached hydrogen (secondary N) is 3. The van der Waals surface area contributed by atoms with Crippen LogP contribution in [0.1, 0.15) is 18.4 Å². The number of hydrogen-bond acceptors (Lipinski definition) is 3. The molecule has 0 aliphatic carbocycles. The molecule has 2 aromatic rings. The van der Waals surface area contributed by atoms with Gasteiger partial charge >= 0.3 is 0 Å². The van der Waals surface area contributed by atoms with Crippen molar-refractivity contribution in [2.45, 2.75) is 24.9 Å². The molecule has 0 bridgehead atoms. The number of amidine groups is 1. The minimum atomic E-state index is -0.124. The van der Waals surface area contributed by atoms with Crippen LogP contribution in [0.2, 0.25) is 5.02 Å². The van der Waals surface area contributed by atoms with Crippen LogP contribution < -0.4 is 16.0 Å². The summed E-state index contributed by atoms with van der Waals surface area (Å²) in [6.45, 7) is 2.65. The van der Waals surface area contributed by atoms with E-state index in [-0.39, 0.29) is 5.54 Å². The van der Waals surface area contributed by atoms with Crippen LogP contribution in [0.25, 0.3) is 0 Å². The Bertz CT molecular complexity index is 751. The van der Waals surface area contributed by atoms with E-state index in [0.29, 0.717) is 6.54 Å². The van der Waals surface area contributed by atoms with Crippen LogP contribution in [-0.4, -0.2) is 24.5 Å². The van der Waals surface area contributed by atoms with Gasteiger partial charge in [0, 0.05) is 5.02 Å². The summed E-state index contributed by atoms with van der Waals surface area (Å²) in [6.07, 6.45) is 2.02. The SMILES string of the molecule is Clc1ccc2c(c1)NC(=NCc1ccccc1)C1(CCNCC1)N2. The second kappa shape index (κ2) is 6.46. The Morgan fingerprint density at radius 1 is 1.00 bits per heavy atom. The van der Waals surface area contributed by atoms with Crippen molar-refractivity contribution < 1.29 is 0 Å². The van der Waals surface area contributed by atoms with E-state index in [9.17, 15) is 0 Å². The van der Waals surface area contributed by atoms with Gasteiger partial charge in [-0.05, 0) is 49.7 Å². The van der Waals surface area contributed by atoms with Gasteiger partial charge in [0.05, 0.1) is 23.5 Å². The highest BCUT2D eigenvalue weighted by molar-refractivity contribution is 6.31. The van der Waals surface area contributed by atoms with Gasteiger partial charge < -0.3 is 16.0 Å². The maximum absolute atomic E-state index is 6.16. The van der Waals surface area contributed by atoms with Gasteiger partial charge in [0.25, 0.3) is 0 Å². The summed E-state index contributed by atoms with van der Waals surface area (Å²) < 4.78 is 0. The maximum atomic E-state index is 6.16. The summed E-state index contributed by atoms with van der Waals surface area (Å²) in [5, 5.41) is 11.4. The van der Waals surface area contributed by atoms with Gasteiger partial charge in [0.1, 0.15) is 5.84 Å². The quantitative estimate of drug-likeness (QED) is 0.777. The maximum Gasteiger partial charge on any atom is 0.127 e. The highest BCUT2D eigenvalue weighted by Crippen LogP contribution is 2.37. The highest BCUT2D eigenvalue weighted by Gasteiger charge is 2.40. The summed E-state index contributed by atoms with van der Waals surface area (Å²) in [7, 11) is 0. The molecule has 1 spiro atoms. The third-order valence-corrected chi connectivity index (χ3v) is 5.02. The lowest BCUT2D eigenvalue weighted by atomic mass is 9.84. The summed E-state index contributed by atoms with van der Waals surface area (Å²) in [5.41, 5.74) is 3.19. The van der Waals surface area contributed by atoms with Crippen LogP contribution in [0.15, 0.2) is 53.5 Å². The summed E-state index contributed by atoms with van der Waals surface area (Å²) in [4.78, 5) is 4.93. The van der Waals surface area contributed by atoms with Crippen molar-refractivity contribution >= 4 is 28.8 Å². The minimum absolute atomic E-state index is 0.124. The molecule has 2 aliphatic heterocycles. The summed E-state index contributed by atoms with van der Waals surface area (Å²) >= 11 is 6.16. The van der Waals surface area contributed by atoms with E-state index < -0.39 is 0 Å². The fourth-order valence-corrected chi connectivity index (χ4v) is 3.63. The smallest absolute Gasteiger partial charge is 0.127 e. The molecular formula is C19H21ClN4. The monoisotopic (exact) mass is 340 g/mol. The number of piperidine rings is 1. The van der Waals surface area contributed by atoms with Crippen LogP contribution in [0.4, 0.5) is 11.4 Å². The van der Waals surface area contributed by atoms with Gasteiger partial charge in [-0.2, -0.15) is 0 Å². The van der Waals surface area contributed by atoms with Crippen LogP contribution in [0.3, 0.4) is 0 Å². The number of benzene rings is 2. The normalized spacial score (nSPS) is 20.3. The predicted molar refractivity (Wildman–Crippen MR) is 101 cm³/mol. The van der Waals surface area contributed by atoms with E-state index >= 15 is 0 Å². The van der Waals surface area contributed by atoms with Crippen LogP contribution in [0.5, 0.6) is 0 Å². The van der Waals surface area contributed by atoms with E-state index in [1.807, 2.05) is 24.3 Å². The number of anilines is 2. The van der Waals surface area contributed by atoms with Crippen molar-refractivity contribution in [1.29, 1.82) is 0 Å². The largest absolute Gasteiger partial charge is 0.371 e. The Labute approximate surface area is 147 Å². The van der Waals surface area contributed by atoms with E-state index in [4.69, 9.17) is 16.6 Å². The molecule has 1 fully saturated rings. The molecule has 2 aromatic carbocycles. The molecule has 5 heteroatoms. The first-order valence-corrected chi connectivity index (χ1v) is 8.77. The number of fused-ring (bicyclic) bond motifs is 1. The van der Waals surface area contributed by atoms with Crippen molar-refractivity contribution in [3.63, 3.8) is 0 Å². The van der Waals surface area contributed by atoms with E-state index in [2.05, 4.69) is 40.2 Å². The molecule has 124 valence electrons. The number of hydrogen-bond donors (Lipinski definition) is 3. The molecule has 4 nitrogen and oxygen atoms in total. The first-order valence-electron chi connectivity index (χ1n) is 8.40. The molecule has 4 rings (SSSR count). The van der Waals surface area contributed by atoms with Crippen molar-refractivity contribution in [3.05, 3.63) is 59.1 Å². The number of aliphatic imine (C=N–C) groups is 1. The molecule has 3 N–H and O–H groups in total. The molecule has 0 aromatic heterocycles. The molecule has 0 atom stereocenters. The average molecular weight is 341 g/mol. The standard InChI is InChI=1S/C19H21ClN4/c20-15-6-7-16-17(12-15)23-18(19(24-16)8-10-21-11-9-19)22-13-14-4-2-1-3-5-14/h1-7,12,21,24H,8-11,13H2,(H,22,23). The lowest BCUT2D eigenvalue weighted by molar-refractivity contribution is 0.419. The zero-order chi connectivity index (χ0) is 16.4. The Hall–Kier alpha value is -2.04. The lowest BCUT2D eigenvalue weighted by Gasteiger charge is -2.44. The Kier molecular flexibility index (Phi) is 4.17. The third kappa shape index (κ3) is 2.99. The van der Waals surface area contributed by atoms with Gasteiger partial charge in [-0.25, -0.2) is 0 Å². The van der Waals surface area contributed by atoms with Gasteiger partial charge in [0.2, 0.25) is 0 Å². The fourth-order valence-electron chi connectivity index (χ4n) is 3.45. The average Bonchev–Trinajstić information content (AvgIpc) is 2.62. The lowest BCUT2D eigenvalue weighted by Crippen LogP contribution is -2.57. The van der Waals surface area contributed by atoms with Gasteiger partial charge in [0.15, 0.2) is 0 Å². The fraction of sp³-hybridized carbons (Fsp3) is 0.316. The zero-order valence-corrected chi connectivity index (χ0v) is 14.2. The Morgan fingerprint density at radius 3 is 2.58 bits per heavy atom. The molecule has 0 radical (unpaired) electrons. The molecule has 24 heavy (non-hydrogen) atoms. The Morgan fingerprint density at radius 2 is 1.79 bits per heavy atom. The second-order valence-corrected chi connectivity index (χ2v) is 6.86. The van der Waals surface area contributed by atoms with Gasteiger partial charge in [-0.15, -0.1) is 0 Å². The number of halogens is 1. The predicted octanol–water partition coefficient (Wildman–Crippen LogP) is 3.90. The Balaban J connectivity index is 1.68. The topological polar surface area (TPSA) is 48.5 Å². The first-order chi connectivity index (χ1) is 11.8. The van der Waals surface area contributed by atoms with Crippen LogP contribution in [0, 0.1) is 0 Å². The third-order valence-electron chi connectivity index (χ3n) is 4.78. The number of nitrogens with zero attached hydrogens (tertiary/aromatic N) is 1. The van der Waals surface area contributed by atoms with E-state index in [0.717, 1.165) is 48.2 Å². The number of rotatable bonds is 2. The molecule has 1 saturated heterocycles. The molecule has 2 heterocycles. The first kappa shape index (κ1) is 15.5. The van der Waals surface area contributed by atoms with Gasteiger partial charge in [-0.1, -0.05) is 41.9 Å². The molecule has 0 unspecified atom stereocenters. The van der Waals surface area contributed by atoms with Crippen molar-refractivity contribution in [2.75, 3.05) is 23.7 Å². The van der Waals surface area contributed by atoms with Crippen molar-refractivity contribution in [1.82, 2.24) is 5.32 Å². The van der Waals surface area contributed by atoms with Crippen LogP contribution in [-0.2, 0) is 6.54 Å². The van der Waals surface area contributed by atoms with Gasteiger partial charge in [-0.3, -0.25) is 4.99 Å². The van der Waals surface area contributed by atoms with E-state index in [1.165, 1.54) is 5.56 Å². The summed E-state index contributed by atoms with van der Waals surface area (Å²) in [6, 6.07) is 16.3. The zero-order valence-electron chi connectivity index (χ0n) is 13.5. The second-order valence-electron chi connectivity index (χ2n) is 6.42. The van der Waals surface area contributed by atoms with Crippen LogP contribution >= 0.6 is 11.6 Å². The van der Waals surface area contributed by atoms with Crippen molar-refractivity contribution in [3.8, 4) is 0 Å². The summed E-state index contributed by atoms with van der Waals surface area (Å²) in [5.74, 6) is 1.02. The van der Waals surface area contributed by atoms with E-state index in [1.54, 1.807) is 0 Å². The molecular weight excluding hydrogens is 320 g/mol.